The lowest BCUT2D eigenvalue weighted by Crippen LogP contribution is -2.32. The van der Waals surface area contributed by atoms with Crippen LogP contribution >= 0.6 is 0 Å². The molecule has 0 saturated heterocycles. The largest absolute Gasteiger partial charge is 0.361 e. The number of unbranched alkanes of at least 4 members (excludes halogenated alkanes) is 3. The van der Waals surface area contributed by atoms with Crippen molar-refractivity contribution in [2.45, 2.75) is 45.3 Å². The number of hydrogen-bond acceptors (Lipinski definition) is 3. The molecule has 6 heteroatoms. The van der Waals surface area contributed by atoms with Crippen molar-refractivity contribution in [2.75, 3.05) is 11.9 Å². The van der Waals surface area contributed by atoms with E-state index in [9.17, 15) is 14.0 Å². The number of amides is 2. The fraction of sp³-hybridized carbons (Fsp3) is 0.286. The Morgan fingerprint density at radius 2 is 1.76 bits per heavy atom. The Bertz CT molecular complexity index is 1150. The van der Waals surface area contributed by atoms with Gasteiger partial charge in [-0.05, 0) is 48.4 Å². The first-order valence-corrected chi connectivity index (χ1v) is 11.9. The van der Waals surface area contributed by atoms with Crippen molar-refractivity contribution >= 4 is 17.5 Å². The maximum absolute atomic E-state index is 13.4. The molecule has 0 saturated carbocycles. The zero-order valence-corrected chi connectivity index (χ0v) is 19.4. The van der Waals surface area contributed by atoms with Gasteiger partial charge in [0.05, 0.1) is 0 Å². The number of nitrogens with zero attached hydrogens (tertiary/aromatic N) is 1. The molecule has 34 heavy (non-hydrogen) atoms. The molecule has 176 valence electrons. The highest BCUT2D eigenvalue weighted by atomic mass is 19.1. The summed E-state index contributed by atoms with van der Waals surface area (Å²) in [4.78, 5) is 27.5. The van der Waals surface area contributed by atoms with Gasteiger partial charge in [0.15, 0.2) is 0 Å². The van der Waals surface area contributed by atoms with Gasteiger partial charge in [-0.3, -0.25) is 9.59 Å². The second-order valence-corrected chi connectivity index (χ2v) is 8.59. The van der Waals surface area contributed by atoms with Gasteiger partial charge in [0, 0.05) is 35.5 Å². The Labute approximate surface area is 200 Å². The van der Waals surface area contributed by atoms with Crippen molar-refractivity contribution in [2.24, 2.45) is 0 Å². The van der Waals surface area contributed by atoms with Gasteiger partial charge in [-0.2, -0.15) is 0 Å². The van der Waals surface area contributed by atoms with Crippen LogP contribution in [0, 0.1) is 5.82 Å². The summed E-state index contributed by atoms with van der Waals surface area (Å²) in [5, 5.41) is 6.43. The number of halogens is 1. The minimum Gasteiger partial charge on any atom is -0.361 e. The van der Waals surface area contributed by atoms with E-state index in [1.807, 2.05) is 42.5 Å². The monoisotopic (exact) mass is 459 g/mol. The second-order valence-electron chi connectivity index (χ2n) is 8.59. The summed E-state index contributed by atoms with van der Waals surface area (Å²) in [7, 11) is 0. The van der Waals surface area contributed by atoms with E-state index in [4.69, 9.17) is 0 Å². The Morgan fingerprint density at radius 1 is 0.971 bits per heavy atom. The third-order valence-electron chi connectivity index (χ3n) is 6.07. The number of carbonyl (C=O) groups excluding carboxylic acids is 2. The van der Waals surface area contributed by atoms with Crippen LogP contribution in [0.25, 0.3) is 0 Å². The minimum atomic E-state index is -0.402. The second kappa shape index (κ2) is 11.0. The Morgan fingerprint density at radius 3 is 2.56 bits per heavy atom. The number of carbonyl (C=O) groups is 2. The summed E-state index contributed by atoms with van der Waals surface area (Å²) >= 11 is 0. The van der Waals surface area contributed by atoms with E-state index in [2.05, 4.69) is 17.6 Å². The average molecular weight is 460 g/mol. The average Bonchev–Trinajstić information content (AvgIpc) is 3.11. The molecule has 3 aromatic rings. The Hall–Kier alpha value is -3.67. The van der Waals surface area contributed by atoms with Crippen molar-refractivity contribution in [1.82, 2.24) is 10.2 Å². The molecule has 1 heterocycles. The normalized spacial score (nSPS) is 14.7. The molecule has 0 aliphatic carbocycles. The van der Waals surface area contributed by atoms with E-state index in [1.165, 1.54) is 18.6 Å². The number of hydrogen-bond donors (Lipinski definition) is 2. The summed E-state index contributed by atoms with van der Waals surface area (Å²) in [6.07, 6.45) is 4.01. The molecule has 1 aliphatic rings. The molecule has 1 aliphatic heterocycles. The molecule has 0 bridgehead atoms. The molecule has 1 atom stereocenters. The topological polar surface area (TPSA) is 61.4 Å². The first-order valence-electron chi connectivity index (χ1n) is 11.9. The van der Waals surface area contributed by atoms with E-state index < -0.39 is 6.17 Å². The van der Waals surface area contributed by atoms with Crippen molar-refractivity contribution in [1.29, 1.82) is 0 Å². The number of benzene rings is 3. The highest BCUT2D eigenvalue weighted by Crippen LogP contribution is 2.35. The summed E-state index contributed by atoms with van der Waals surface area (Å²) in [6, 6.07) is 21.0. The highest BCUT2D eigenvalue weighted by Gasteiger charge is 2.36. The van der Waals surface area contributed by atoms with E-state index in [-0.39, 0.29) is 17.6 Å². The Kier molecular flexibility index (Phi) is 7.58. The van der Waals surface area contributed by atoms with Crippen LogP contribution in [0.4, 0.5) is 10.1 Å². The van der Waals surface area contributed by atoms with Gasteiger partial charge in [0.25, 0.3) is 11.8 Å². The van der Waals surface area contributed by atoms with E-state index >= 15 is 0 Å². The zero-order valence-electron chi connectivity index (χ0n) is 19.4. The third kappa shape index (κ3) is 5.45. The van der Waals surface area contributed by atoms with Crippen LogP contribution < -0.4 is 10.6 Å². The molecule has 0 fully saturated rings. The van der Waals surface area contributed by atoms with Crippen LogP contribution in [-0.2, 0) is 6.54 Å². The fourth-order valence-corrected chi connectivity index (χ4v) is 4.24. The molecule has 0 aromatic heterocycles. The van der Waals surface area contributed by atoms with Crippen molar-refractivity contribution < 1.29 is 14.0 Å². The smallest absolute Gasteiger partial charge is 0.256 e. The van der Waals surface area contributed by atoms with Crippen LogP contribution in [0.3, 0.4) is 0 Å². The molecule has 5 nitrogen and oxygen atoms in total. The summed E-state index contributed by atoms with van der Waals surface area (Å²) in [6.45, 7) is 3.16. The first kappa shape index (κ1) is 23.5. The molecule has 4 rings (SSSR count). The molecular formula is C28H30FN3O2. The summed E-state index contributed by atoms with van der Waals surface area (Å²) in [5.41, 5.74) is 3.68. The number of fused-ring (bicyclic) bond motifs is 1. The SMILES string of the molecule is CCCCCCNC(=O)c1cccc(NC2c3ccccc3C(=O)N2Cc2ccc(F)cc2)c1. The lowest BCUT2D eigenvalue weighted by Gasteiger charge is -2.27. The van der Waals surface area contributed by atoms with Crippen molar-refractivity contribution in [3.05, 3.63) is 101 Å². The maximum atomic E-state index is 13.4. The Balaban J connectivity index is 1.51. The van der Waals surface area contributed by atoms with E-state index in [1.54, 1.807) is 23.1 Å². The van der Waals surface area contributed by atoms with Gasteiger partial charge in [0.1, 0.15) is 12.0 Å². The van der Waals surface area contributed by atoms with Crippen LogP contribution in [0.1, 0.15) is 70.6 Å². The lowest BCUT2D eigenvalue weighted by atomic mass is 10.1. The fourth-order valence-electron chi connectivity index (χ4n) is 4.24. The molecule has 2 N–H and O–H groups in total. The highest BCUT2D eigenvalue weighted by molar-refractivity contribution is 5.99. The van der Waals surface area contributed by atoms with Gasteiger partial charge < -0.3 is 15.5 Å². The molecule has 0 radical (unpaired) electrons. The first-order chi connectivity index (χ1) is 16.6. The van der Waals surface area contributed by atoms with Gasteiger partial charge in [-0.1, -0.05) is 62.6 Å². The number of anilines is 1. The molecule has 2 amide bonds. The molecule has 3 aromatic carbocycles. The summed E-state index contributed by atoms with van der Waals surface area (Å²) in [5.74, 6) is -0.500. The van der Waals surface area contributed by atoms with Crippen molar-refractivity contribution in [3.8, 4) is 0 Å². The van der Waals surface area contributed by atoms with Crippen LogP contribution in [0.15, 0.2) is 72.8 Å². The van der Waals surface area contributed by atoms with Gasteiger partial charge >= 0.3 is 0 Å². The van der Waals surface area contributed by atoms with Crippen LogP contribution in [0.2, 0.25) is 0 Å². The molecule has 0 spiro atoms. The van der Waals surface area contributed by atoms with E-state index in [0.717, 1.165) is 36.1 Å². The maximum Gasteiger partial charge on any atom is 0.256 e. The number of rotatable bonds is 10. The van der Waals surface area contributed by atoms with Gasteiger partial charge in [-0.15, -0.1) is 0 Å². The predicted octanol–water partition coefficient (Wildman–Crippen LogP) is 5.90. The standard InChI is InChI=1S/C28H30FN3O2/c1-2-3-4-7-17-30-27(33)21-9-8-10-23(18-21)31-26-24-11-5-6-12-25(24)28(34)32(26)19-20-13-15-22(29)16-14-20/h5-6,8-16,18,26,31H,2-4,7,17,19H2,1H3,(H,30,33). The molecule has 1 unspecified atom stereocenters. The van der Waals surface area contributed by atoms with Crippen LogP contribution in [0.5, 0.6) is 0 Å². The number of nitrogens with one attached hydrogen (secondary N) is 2. The predicted molar refractivity (Wildman–Crippen MR) is 132 cm³/mol. The van der Waals surface area contributed by atoms with Crippen molar-refractivity contribution in [3.63, 3.8) is 0 Å². The zero-order chi connectivity index (χ0) is 23.9. The third-order valence-corrected chi connectivity index (χ3v) is 6.07. The van der Waals surface area contributed by atoms with E-state index in [0.29, 0.717) is 24.2 Å². The van der Waals surface area contributed by atoms with Gasteiger partial charge in [-0.25, -0.2) is 4.39 Å². The van der Waals surface area contributed by atoms with Crippen LogP contribution in [-0.4, -0.2) is 23.3 Å². The summed E-state index contributed by atoms with van der Waals surface area (Å²) < 4.78 is 13.4. The molecular weight excluding hydrogens is 429 g/mol. The van der Waals surface area contributed by atoms with Gasteiger partial charge in [0.2, 0.25) is 0 Å². The lowest BCUT2D eigenvalue weighted by molar-refractivity contribution is 0.0728. The quantitative estimate of drug-likeness (QED) is 0.371. The minimum absolute atomic E-state index is 0.0848.